The number of carbonyl (C=O) groups is 1. The summed E-state index contributed by atoms with van der Waals surface area (Å²) in [5, 5.41) is 10.1. The molecule has 0 saturated carbocycles. The summed E-state index contributed by atoms with van der Waals surface area (Å²) in [6.45, 7) is 7.24. The fraction of sp³-hybridized carbons (Fsp3) is 0.522. The highest BCUT2D eigenvalue weighted by Crippen LogP contribution is 2.25. The summed E-state index contributed by atoms with van der Waals surface area (Å²) >= 11 is 0. The van der Waals surface area contributed by atoms with Gasteiger partial charge in [0.05, 0.1) is 0 Å². The summed E-state index contributed by atoms with van der Waals surface area (Å²) < 4.78 is 38.9. The predicted molar refractivity (Wildman–Crippen MR) is 117 cm³/mol. The average molecular weight is 454 g/mol. The third-order valence-electron chi connectivity index (χ3n) is 5.64. The minimum absolute atomic E-state index is 0.00139. The van der Waals surface area contributed by atoms with Gasteiger partial charge in [-0.2, -0.15) is 18.2 Å². The summed E-state index contributed by atoms with van der Waals surface area (Å²) in [4.78, 5) is 30.0. The van der Waals surface area contributed by atoms with E-state index in [4.69, 9.17) is 0 Å². The Morgan fingerprint density at radius 1 is 1.25 bits per heavy atom. The van der Waals surface area contributed by atoms with Crippen molar-refractivity contribution in [2.45, 2.75) is 71.1 Å². The molecule has 2 heterocycles. The van der Waals surface area contributed by atoms with E-state index in [-0.39, 0.29) is 11.7 Å². The van der Waals surface area contributed by atoms with E-state index in [1.165, 1.54) is 11.0 Å². The molecule has 9 heteroatoms. The number of fused-ring (bicyclic) bond motifs is 1. The van der Waals surface area contributed by atoms with Crippen molar-refractivity contribution < 1.29 is 23.1 Å². The summed E-state index contributed by atoms with van der Waals surface area (Å²) in [5.74, 6) is -0.506. The first-order chi connectivity index (χ1) is 14.9. The van der Waals surface area contributed by atoms with E-state index in [1.807, 2.05) is 6.92 Å². The molecule has 0 aromatic carbocycles. The summed E-state index contributed by atoms with van der Waals surface area (Å²) in [6, 6.07) is -0.0775. The number of rotatable bonds is 9. The van der Waals surface area contributed by atoms with Gasteiger partial charge in [-0.15, -0.1) is 0 Å². The minimum atomic E-state index is -4.32. The first kappa shape index (κ1) is 25.4. The van der Waals surface area contributed by atoms with Crippen LogP contribution in [-0.2, 0) is 13.0 Å². The van der Waals surface area contributed by atoms with Gasteiger partial charge in [0.25, 0.3) is 5.91 Å². The maximum Gasteiger partial charge on any atom is 0.412 e. The SMILES string of the molecule is C=C(/C=C\C=C(/C)C(F)(F)F)CCCCCCc1nc(=O)c(O)c2n1CC(C)N(C)C2=O. The van der Waals surface area contributed by atoms with Crippen LogP contribution in [0.5, 0.6) is 5.75 Å². The Bertz CT molecular complexity index is 977. The number of carbonyl (C=O) groups excluding carboxylic acids is 1. The van der Waals surface area contributed by atoms with Crippen molar-refractivity contribution in [2.24, 2.45) is 0 Å². The molecule has 1 amide bonds. The first-order valence-electron chi connectivity index (χ1n) is 10.6. The largest absolute Gasteiger partial charge is 0.501 e. The van der Waals surface area contributed by atoms with Crippen molar-refractivity contribution >= 4 is 5.91 Å². The Labute approximate surface area is 185 Å². The van der Waals surface area contributed by atoms with Gasteiger partial charge < -0.3 is 14.6 Å². The van der Waals surface area contributed by atoms with Crippen molar-refractivity contribution in [2.75, 3.05) is 7.05 Å². The van der Waals surface area contributed by atoms with Crippen LogP contribution in [0, 0.1) is 0 Å². The first-order valence-corrected chi connectivity index (χ1v) is 10.6. The lowest BCUT2D eigenvalue weighted by molar-refractivity contribution is -0.0913. The van der Waals surface area contributed by atoms with Crippen LogP contribution in [0.3, 0.4) is 0 Å². The summed E-state index contributed by atoms with van der Waals surface area (Å²) in [7, 11) is 1.64. The van der Waals surface area contributed by atoms with Crippen molar-refractivity contribution in [1.29, 1.82) is 0 Å². The second-order valence-corrected chi connectivity index (χ2v) is 8.19. The zero-order chi connectivity index (χ0) is 24.1. The van der Waals surface area contributed by atoms with Gasteiger partial charge in [0, 0.05) is 31.6 Å². The summed E-state index contributed by atoms with van der Waals surface area (Å²) in [5.41, 5.74) is -0.693. The molecule has 0 saturated heterocycles. The average Bonchev–Trinajstić information content (AvgIpc) is 2.71. The van der Waals surface area contributed by atoms with Gasteiger partial charge in [0.1, 0.15) is 5.82 Å². The van der Waals surface area contributed by atoms with Crippen molar-refractivity contribution in [1.82, 2.24) is 14.5 Å². The van der Waals surface area contributed by atoms with E-state index in [9.17, 15) is 27.9 Å². The molecule has 0 spiro atoms. The van der Waals surface area contributed by atoms with E-state index in [2.05, 4.69) is 11.6 Å². The lowest BCUT2D eigenvalue weighted by Gasteiger charge is -2.34. The fourth-order valence-electron chi connectivity index (χ4n) is 3.44. The Balaban J connectivity index is 1.84. The van der Waals surface area contributed by atoms with Gasteiger partial charge in [-0.25, -0.2) is 0 Å². The fourth-order valence-corrected chi connectivity index (χ4v) is 3.44. The van der Waals surface area contributed by atoms with Crippen LogP contribution in [0.25, 0.3) is 0 Å². The Morgan fingerprint density at radius 2 is 1.91 bits per heavy atom. The number of unbranched alkanes of at least 4 members (excludes halogenated alkanes) is 3. The van der Waals surface area contributed by atoms with Crippen LogP contribution in [0.2, 0.25) is 0 Å². The van der Waals surface area contributed by atoms with E-state index < -0.39 is 29.0 Å². The number of likely N-dealkylation sites (N-methyl/N-ethyl adjacent to an activating group) is 1. The number of alkyl halides is 3. The number of hydrogen-bond acceptors (Lipinski definition) is 4. The zero-order valence-corrected chi connectivity index (χ0v) is 18.7. The topological polar surface area (TPSA) is 75.4 Å². The second-order valence-electron chi connectivity index (χ2n) is 8.19. The maximum atomic E-state index is 12.5. The van der Waals surface area contributed by atoms with Crippen LogP contribution < -0.4 is 5.56 Å². The number of nitrogens with zero attached hydrogens (tertiary/aromatic N) is 3. The molecule has 1 aliphatic heterocycles. The molecule has 1 aromatic heterocycles. The lowest BCUT2D eigenvalue weighted by atomic mass is 10.1. The van der Waals surface area contributed by atoms with Crippen LogP contribution in [0.4, 0.5) is 13.2 Å². The maximum absolute atomic E-state index is 12.5. The molecule has 0 radical (unpaired) electrons. The Kier molecular flexibility index (Phi) is 8.46. The molecule has 1 N–H and O–H groups in total. The summed E-state index contributed by atoms with van der Waals surface area (Å²) in [6.07, 6.45) is 4.19. The molecule has 0 bridgehead atoms. The van der Waals surface area contributed by atoms with E-state index in [0.717, 1.165) is 44.3 Å². The zero-order valence-electron chi connectivity index (χ0n) is 18.7. The standard InChI is InChI=1S/C23H30F3N3O3/c1-15(11-9-12-16(2)23(24,25)26)10-7-5-6-8-13-18-27-21(31)20(30)19-22(32)28(4)17(3)14-29(18)19/h9,11-12,17,30H,1,5-8,10,13-14H2,2-4H3/b11-9-,16-12+. The molecule has 1 aliphatic rings. The van der Waals surface area contributed by atoms with Crippen molar-refractivity contribution in [3.05, 3.63) is 57.8 Å². The molecule has 0 aliphatic carbocycles. The number of aryl methyl sites for hydroxylation is 1. The molecule has 176 valence electrons. The number of aromatic nitrogens is 2. The highest BCUT2D eigenvalue weighted by molar-refractivity contribution is 5.95. The van der Waals surface area contributed by atoms with E-state index in [0.29, 0.717) is 25.2 Å². The van der Waals surface area contributed by atoms with Gasteiger partial charge in [0.2, 0.25) is 5.75 Å². The quantitative estimate of drug-likeness (QED) is 0.440. The van der Waals surface area contributed by atoms with Crippen molar-refractivity contribution in [3.63, 3.8) is 0 Å². The highest BCUT2D eigenvalue weighted by Gasteiger charge is 2.32. The third kappa shape index (κ3) is 6.34. The molecule has 2 rings (SSSR count). The molecule has 1 atom stereocenters. The lowest BCUT2D eigenvalue weighted by Crippen LogP contribution is -2.46. The van der Waals surface area contributed by atoms with E-state index in [1.54, 1.807) is 17.7 Å². The molecule has 0 fully saturated rings. The number of halogens is 3. The molecule has 1 unspecified atom stereocenters. The van der Waals surface area contributed by atoms with Gasteiger partial charge in [-0.05, 0) is 33.1 Å². The van der Waals surface area contributed by atoms with E-state index >= 15 is 0 Å². The van der Waals surface area contributed by atoms with Gasteiger partial charge in [-0.3, -0.25) is 9.59 Å². The predicted octanol–water partition coefficient (Wildman–Crippen LogP) is 4.54. The Hall–Kier alpha value is -2.84. The van der Waals surface area contributed by atoms with Crippen LogP contribution >= 0.6 is 0 Å². The van der Waals surface area contributed by atoms with Crippen molar-refractivity contribution in [3.8, 4) is 5.75 Å². The third-order valence-corrected chi connectivity index (χ3v) is 5.64. The normalized spacial score (nSPS) is 17.2. The van der Waals surface area contributed by atoms with Gasteiger partial charge in [0.15, 0.2) is 5.69 Å². The number of allylic oxidation sites excluding steroid dienone is 5. The number of hydrogen-bond donors (Lipinski definition) is 1. The monoisotopic (exact) mass is 453 g/mol. The van der Waals surface area contributed by atoms with Crippen LogP contribution in [-0.4, -0.2) is 44.7 Å². The molecule has 1 aromatic rings. The minimum Gasteiger partial charge on any atom is -0.501 e. The molecule has 6 nitrogen and oxygen atoms in total. The van der Waals surface area contributed by atoms with Gasteiger partial charge in [-0.1, -0.05) is 43.2 Å². The highest BCUT2D eigenvalue weighted by atomic mass is 19.4. The number of amides is 1. The van der Waals surface area contributed by atoms with Crippen LogP contribution in [0.1, 0.15) is 62.3 Å². The smallest absolute Gasteiger partial charge is 0.412 e. The Morgan fingerprint density at radius 3 is 2.56 bits per heavy atom. The molecular formula is C23H30F3N3O3. The molecule has 32 heavy (non-hydrogen) atoms. The number of aromatic hydroxyl groups is 1. The molecular weight excluding hydrogens is 423 g/mol. The van der Waals surface area contributed by atoms with Crippen LogP contribution in [0.15, 0.2) is 40.7 Å². The van der Waals surface area contributed by atoms with Gasteiger partial charge >= 0.3 is 11.7 Å². The second kappa shape index (κ2) is 10.7.